The standard InChI is InChI=1S/C17H21ClN2O4/c1-13(21)2-7-16(22)19-8-10-20(11-9-19)17(23)12-24-15-5-3-14(18)4-6-15/h3-6H,2,7-12H2,1H3. The molecule has 6 nitrogen and oxygen atoms in total. The van der Waals surface area contributed by atoms with Crippen molar-refractivity contribution in [1.82, 2.24) is 9.80 Å². The van der Waals surface area contributed by atoms with Crippen LogP contribution in [0.25, 0.3) is 0 Å². The molecule has 0 aromatic heterocycles. The summed E-state index contributed by atoms with van der Waals surface area (Å²) in [5.41, 5.74) is 0. The Hall–Kier alpha value is -2.08. The number of carbonyl (C=O) groups is 3. The van der Waals surface area contributed by atoms with E-state index in [1.807, 2.05) is 0 Å². The van der Waals surface area contributed by atoms with Gasteiger partial charge >= 0.3 is 0 Å². The molecule has 130 valence electrons. The molecule has 0 atom stereocenters. The Morgan fingerprint density at radius 3 is 2.04 bits per heavy atom. The highest BCUT2D eigenvalue weighted by molar-refractivity contribution is 6.30. The molecule has 0 aliphatic carbocycles. The molecular formula is C17H21ClN2O4. The molecule has 1 aliphatic heterocycles. The summed E-state index contributed by atoms with van der Waals surface area (Å²) < 4.78 is 5.45. The number of piperazine rings is 1. The summed E-state index contributed by atoms with van der Waals surface area (Å²) in [6.45, 7) is 3.38. The Morgan fingerprint density at radius 1 is 0.958 bits per heavy atom. The van der Waals surface area contributed by atoms with Crippen LogP contribution in [0, 0.1) is 0 Å². The lowest BCUT2D eigenvalue weighted by molar-refractivity contribution is -0.141. The molecule has 2 rings (SSSR count). The van der Waals surface area contributed by atoms with Gasteiger partial charge in [-0.2, -0.15) is 0 Å². The van der Waals surface area contributed by atoms with Crippen LogP contribution >= 0.6 is 11.6 Å². The number of amides is 2. The van der Waals surface area contributed by atoms with Crippen LogP contribution in [0.4, 0.5) is 0 Å². The van der Waals surface area contributed by atoms with Gasteiger partial charge in [-0.25, -0.2) is 0 Å². The highest BCUT2D eigenvalue weighted by Gasteiger charge is 2.24. The van der Waals surface area contributed by atoms with Crippen LogP contribution in [0.5, 0.6) is 5.75 Å². The van der Waals surface area contributed by atoms with Crippen LogP contribution in [-0.2, 0) is 14.4 Å². The molecule has 0 spiro atoms. The fraction of sp³-hybridized carbons (Fsp3) is 0.471. The fourth-order valence-electron chi connectivity index (χ4n) is 2.41. The predicted molar refractivity (Wildman–Crippen MR) is 90.0 cm³/mol. The van der Waals surface area contributed by atoms with Gasteiger partial charge in [-0.1, -0.05) is 11.6 Å². The third-order valence-corrected chi connectivity index (χ3v) is 4.10. The van der Waals surface area contributed by atoms with Gasteiger partial charge in [0.15, 0.2) is 6.61 Å². The number of ketones is 1. The molecular weight excluding hydrogens is 332 g/mol. The lowest BCUT2D eigenvalue weighted by Crippen LogP contribution is -2.51. The molecule has 0 N–H and O–H groups in total. The second-order valence-corrected chi connectivity index (χ2v) is 6.14. The first-order valence-electron chi connectivity index (χ1n) is 7.89. The molecule has 1 aromatic carbocycles. The summed E-state index contributed by atoms with van der Waals surface area (Å²) in [4.78, 5) is 38.4. The van der Waals surface area contributed by atoms with E-state index in [1.165, 1.54) is 6.92 Å². The van der Waals surface area contributed by atoms with Crippen LogP contribution in [0.1, 0.15) is 19.8 Å². The molecule has 2 amide bonds. The van der Waals surface area contributed by atoms with E-state index in [2.05, 4.69) is 0 Å². The lowest BCUT2D eigenvalue weighted by atomic mass is 10.2. The summed E-state index contributed by atoms with van der Waals surface area (Å²) in [5, 5.41) is 0.610. The van der Waals surface area contributed by atoms with Crippen LogP contribution in [-0.4, -0.2) is 60.2 Å². The number of hydrogen-bond acceptors (Lipinski definition) is 4. The maximum absolute atomic E-state index is 12.2. The highest BCUT2D eigenvalue weighted by atomic mass is 35.5. The minimum absolute atomic E-state index is 0.0107. The molecule has 1 aliphatic rings. The van der Waals surface area contributed by atoms with Crippen LogP contribution in [0.3, 0.4) is 0 Å². The molecule has 1 heterocycles. The van der Waals surface area contributed by atoms with Gasteiger partial charge in [0.25, 0.3) is 5.91 Å². The highest BCUT2D eigenvalue weighted by Crippen LogP contribution is 2.15. The van der Waals surface area contributed by atoms with Crippen molar-refractivity contribution < 1.29 is 19.1 Å². The number of carbonyl (C=O) groups excluding carboxylic acids is 3. The fourth-order valence-corrected chi connectivity index (χ4v) is 2.54. The van der Waals surface area contributed by atoms with Crippen molar-refractivity contribution in [3.63, 3.8) is 0 Å². The van der Waals surface area contributed by atoms with E-state index in [1.54, 1.807) is 34.1 Å². The van der Waals surface area contributed by atoms with Crippen molar-refractivity contribution in [2.24, 2.45) is 0 Å². The van der Waals surface area contributed by atoms with Gasteiger partial charge in [-0.3, -0.25) is 9.59 Å². The first-order chi connectivity index (χ1) is 11.5. The SMILES string of the molecule is CC(=O)CCC(=O)N1CCN(C(=O)COc2ccc(Cl)cc2)CC1. The first-order valence-corrected chi connectivity index (χ1v) is 8.27. The van der Waals surface area contributed by atoms with Crippen LogP contribution in [0.2, 0.25) is 5.02 Å². The van der Waals surface area contributed by atoms with Gasteiger partial charge in [0.2, 0.25) is 5.91 Å². The molecule has 0 saturated carbocycles. The number of rotatable bonds is 6. The second kappa shape index (κ2) is 8.68. The van der Waals surface area contributed by atoms with Gasteiger partial charge in [-0.05, 0) is 31.2 Å². The zero-order chi connectivity index (χ0) is 17.5. The van der Waals surface area contributed by atoms with Crippen molar-refractivity contribution in [2.75, 3.05) is 32.8 Å². The van der Waals surface area contributed by atoms with E-state index in [-0.39, 0.29) is 37.0 Å². The van der Waals surface area contributed by atoms with Crippen molar-refractivity contribution in [1.29, 1.82) is 0 Å². The Morgan fingerprint density at radius 2 is 1.50 bits per heavy atom. The van der Waals surface area contributed by atoms with Gasteiger partial charge in [0.1, 0.15) is 11.5 Å². The lowest BCUT2D eigenvalue weighted by Gasteiger charge is -2.34. The smallest absolute Gasteiger partial charge is 0.260 e. The second-order valence-electron chi connectivity index (χ2n) is 5.71. The van der Waals surface area contributed by atoms with E-state index in [0.717, 1.165) is 0 Å². The number of hydrogen-bond donors (Lipinski definition) is 0. The summed E-state index contributed by atoms with van der Waals surface area (Å²) in [6, 6.07) is 6.82. The Balaban J connectivity index is 1.73. The average Bonchev–Trinajstić information content (AvgIpc) is 2.59. The summed E-state index contributed by atoms with van der Waals surface area (Å²) >= 11 is 5.79. The minimum atomic E-state index is -0.110. The molecule has 0 unspecified atom stereocenters. The van der Waals surface area contributed by atoms with E-state index in [9.17, 15) is 14.4 Å². The van der Waals surface area contributed by atoms with E-state index < -0.39 is 0 Å². The molecule has 0 radical (unpaired) electrons. The topological polar surface area (TPSA) is 66.9 Å². The van der Waals surface area contributed by atoms with Gasteiger partial charge in [-0.15, -0.1) is 0 Å². The summed E-state index contributed by atoms with van der Waals surface area (Å²) in [5.74, 6) is 0.456. The number of halogens is 1. The zero-order valence-corrected chi connectivity index (χ0v) is 14.4. The zero-order valence-electron chi connectivity index (χ0n) is 13.7. The van der Waals surface area contributed by atoms with Crippen molar-refractivity contribution >= 4 is 29.2 Å². The summed E-state index contributed by atoms with van der Waals surface area (Å²) in [6.07, 6.45) is 0.510. The van der Waals surface area contributed by atoms with Crippen LogP contribution < -0.4 is 4.74 Å². The number of benzene rings is 1. The Kier molecular flexibility index (Phi) is 6.61. The third-order valence-electron chi connectivity index (χ3n) is 3.85. The average molecular weight is 353 g/mol. The molecule has 24 heavy (non-hydrogen) atoms. The Bertz CT molecular complexity index is 595. The Labute approximate surface area is 146 Å². The van der Waals surface area contributed by atoms with Crippen molar-refractivity contribution in [3.8, 4) is 5.75 Å². The van der Waals surface area contributed by atoms with Gasteiger partial charge < -0.3 is 19.3 Å². The van der Waals surface area contributed by atoms with E-state index in [4.69, 9.17) is 16.3 Å². The van der Waals surface area contributed by atoms with Crippen molar-refractivity contribution in [3.05, 3.63) is 29.3 Å². The maximum atomic E-state index is 12.2. The van der Waals surface area contributed by atoms with Crippen molar-refractivity contribution in [2.45, 2.75) is 19.8 Å². The van der Waals surface area contributed by atoms with Gasteiger partial charge in [0.05, 0.1) is 0 Å². The predicted octanol–water partition coefficient (Wildman–Crippen LogP) is 1.76. The maximum Gasteiger partial charge on any atom is 0.260 e. The third kappa shape index (κ3) is 5.53. The number of nitrogens with zero attached hydrogens (tertiary/aromatic N) is 2. The van der Waals surface area contributed by atoms with E-state index in [0.29, 0.717) is 37.0 Å². The van der Waals surface area contributed by atoms with Gasteiger partial charge in [0, 0.05) is 44.0 Å². The monoisotopic (exact) mass is 352 g/mol. The normalized spacial score (nSPS) is 14.4. The number of Topliss-reactive ketones (excluding diaryl/α,β-unsaturated/α-hetero) is 1. The molecule has 1 aromatic rings. The molecule has 7 heteroatoms. The van der Waals surface area contributed by atoms with E-state index >= 15 is 0 Å². The first kappa shape index (κ1) is 18.3. The molecule has 0 bridgehead atoms. The quantitative estimate of drug-likeness (QED) is 0.782. The summed E-state index contributed by atoms with van der Waals surface area (Å²) in [7, 11) is 0. The molecule has 1 saturated heterocycles. The minimum Gasteiger partial charge on any atom is -0.484 e. The largest absolute Gasteiger partial charge is 0.484 e. The van der Waals surface area contributed by atoms with Crippen LogP contribution in [0.15, 0.2) is 24.3 Å². The molecule has 1 fully saturated rings. The number of ether oxygens (including phenoxy) is 1.